The first-order chi connectivity index (χ1) is 5.55. The van der Waals surface area contributed by atoms with Gasteiger partial charge in [0.25, 0.3) is 0 Å². The van der Waals surface area contributed by atoms with E-state index >= 15 is 0 Å². The molecule has 2 aliphatic heterocycles. The fraction of sp³-hybridized carbons (Fsp3) is 0.875. The number of carbonyl (C=O) groups is 1. The molecule has 1 saturated carbocycles. The number of hydrogen-bond donors (Lipinski definition) is 2. The van der Waals surface area contributed by atoms with Gasteiger partial charge in [-0.25, -0.2) is 0 Å². The van der Waals surface area contributed by atoms with Crippen molar-refractivity contribution in [2.24, 2.45) is 11.1 Å². The van der Waals surface area contributed by atoms with Gasteiger partial charge in [0, 0.05) is 6.54 Å². The van der Waals surface area contributed by atoms with E-state index in [-0.39, 0.29) is 11.7 Å². The van der Waals surface area contributed by atoms with Gasteiger partial charge in [0.15, 0.2) is 0 Å². The molecule has 0 aromatic rings. The predicted octanol–water partition coefficient (Wildman–Crippen LogP) is -0.0326. The van der Waals surface area contributed by atoms with Crippen molar-refractivity contribution in [3.63, 3.8) is 0 Å². The summed E-state index contributed by atoms with van der Waals surface area (Å²) in [6, 6.07) is 0. The molecule has 2 saturated heterocycles. The molecular weight excluding hydrogens is 158 g/mol. The molecule has 0 aromatic carbocycles. The highest BCUT2D eigenvalue weighted by atomic mass is 16.5. The van der Waals surface area contributed by atoms with Crippen LogP contribution in [0, 0.1) is 5.41 Å². The first-order valence-electron chi connectivity index (χ1n) is 4.16. The quantitative estimate of drug-likeness (QED) is 0.611. The van der Waals surface area contributed by atoms with Crippen LogP contribution in [0.1, 0.15) is 19.8 Å². The summed E-state index contributed by atoms with van der Waals surface area (Å²) in [5, 5.41) is 8.97. The van der Waals surface area contributed by atoms with E-state index in [0.717, 1.165) is 0 Å². The van der Waals surface area contributed by atoms with Crippen LogP contribution in [0.2, 0.25) is 0 Å². The van der Waals surface area contributed by atoms with E-state index in [1.807, 2.05) is 6.92 Å². The molecule has 1 aliphatic carbocycles. The van der Waals surface area contributed by atoms with E-state index in [1.54, 1.807) is 0 Å². The maximum atomic E-state index is 10.9. The summed E-state index contributed by atoms with van der Waals surface area (Å²) >= 11 is 0. The molecule has 2 bridgehead atoms. The number of carboxylic acids is 1. The predicted molar refractivity (Wildman–Crippen MR) is 41.6 cm³/mol. The third-order valence-electron chi connectivity index (χ3n) is 3.28. The highest BCUT2D eigenvalue weighted by molar-refractivity contribution is 5.78. The molecular formula is C8H13NO3. The highest BCUT2D eigenvalue weighted by Crippen LogP contribution is 2.61. The van der Waals surface area contributed by atoms with E-state index in [0.29, 0.717) is 19.4 Å². The third-order valence-corrected chi connectivity index (χ3v) is 3.28. The molecule has 4 heteroatoms. The van der Waals surface area contributed by atoms with E-state index in [2.05, 4.69) is 0 Å². The van der Waals surface area contributed by atoms with Crippen LogP contribution in [0.3, 0.4) is 0 Å². The lowest BCUT2D eigenvalue weighted by Gasteiger charge is -2.41. The Hall–Kier alpha value is -0.610. The Kier molecular flexibility index (Phi) is 1.34. The zero-order valence-electron chi connectivity index (χ0n) is 7.04. The summed E-state index contributed by atoms with van der Waals surface area (Å²) in [5.41, 5.74) is 4.58. The summed E-state index contributed by atoms with van der Waals surface area (Å²) in [5.74, 6) is -0.739. The monoisotopic (exact) mass is 171 g/mol. The summed E-state index contributed by atoms with van der Waals surface area (Å²) in [7, 11) is 0. The number of ether oxygens (including phenoxy) is 1. The minimum Gasteiger partial charge on any atom is -0.481 e. The Morgan fingerprint density at radius 2 is 2.33 bits per heavy atom. The first-order valence-corrected chi connectivity index (χ1v) is 4.16. The van der Waals surface area contributed by atoms with E-state index < -0.39 is 11.4 Å². The van der Waals surface area contributed by atoms with Crippen molar-refractivity contribution in [3.8, 4) is 0 Å². The van der Waals surface area contributed by atoms with Gasteiger partial charge in [-0.15, -0.1) is 0 Å². The van der Waals surface area contributed by atoms with Gasteiger partial charge in [-0.1, -0.05) is 0 Å². The zero-order valence-corrected chi connectivity index (χ0v) is 7.04. The van der Waals surface area contributed by atoms with Crippen molar-refractivity contribution in [2.75, 3.05) is 6.54 Å². The standard InChI is InChI=1S/C8H13NO3/c1-5-8(6(10)11)2-7(3-8,4-9)12-5/h5H,2-4,9H2,1H3,(H,10,11). The molecule has 3 N–H and O–H groups in total. The van der Waals surface area contributed by atoms with Gasteiger partial charge in [0.2, 0.25) is 0 Å². The first kappa shape index (κ1) is 8.01. The molecule has 2 heterocycles. The smallest absolute Gasteiger partial charge is 0.312 e. The van der Waals surface area contributed by atoms with E-state index in [4.69, 9.17) is 15.6 Å². The zero-order chi connectivity index (χ0) is 8.98. The van der Waals surface area contributed by atoms with E-state index in [1.165, 1.54) is 0 Å². The van der Waals surface area contributed by atoms with Gasteiger partial charge in [-0.05, 0) is 19.8 Å². The van der Waals surface area contributed by atoms with Crippen molar-refractivity contribution in [1.82, 2.24) is 0 Å². The topological polar surface area (TPSA) is 72.5 Å². The van der Waals surface area contributed by atoms with Crippen LogP contribution < -0.4 is 5.73 Å². The van der Waals surface area contributed by atoms with E-state index in [9.17, 15) is 4.79 Å². The number of rotatable bonds is 2. The van der Waals surface area contributed by atoms with Crippen LogP contribution in [-0.4, -0.2) is 29.3 Å². The second-order valence-corrected chi connectivity index (χ2v) is 3.96. The van der Waals surface area contributed by atoms with Crippen LogP contribution in [0.25, 0.3) is 0 Å². The van der Waals surface area contributed by atoms with Crippen molar-refractivity contribution in [1.29, 1.82) is 0 Å². The Labute approximate surface area is 70.7 Å². The highest BCUT2D eigenvalue weighted by Gasteiger charge is 2.69. The summed E-state index contributed by atoms with van der Waals surface area (Å²) in [4.78, 5) is 10.9. The third kappa shape index (κ3) is 0.671. The Bertz CT molecular complexity index is 232. The van der Waals surface area contributed by atoms with Crippen molar-refractivity contribution < 1.29 is 14.6 Å². The van der Waals surface area contributed by atoms with Crippen molar-refractivity contribution in [3.05, 3.63) is 0 Å². The van der Waals surface area contributed by atoms with Gasteiger partial charge in [0.1, 0.15) is 0 Å². The van der Waals surface area contributed by atoms with Crippen molar-refractivity contribution >= 4 is 5.97 Å². The molecule has 68 valence electrons. The molecule has 1 atom stereocenters. The largest absolute Gasteiger partial charge is 0.481 e. The average Bonchev–Trinajstić information content (AvgIpc) is 2.36. The van der Waals surface area contributed by atoms with Crippen LogP contribution in [0.15, 0.2) is 0 Å². The summed E-state index contributed by atoms with van der Waals surface area (Å²) in [6.07, 6.45) is 0.999. The molecule has 0 amide bonds. The maximum Gasteiger partial charge on any atom is 0.312 e. The lowest BCUT2D eigenvalue weighted by atomic mass is 9.60. The average molecular weight is 171 g/mol. The Morgan fingerprint density at radius 1 is 1.75 bits per heavy atom. The minimum atomic E-state index is -0.739. The summed E-state index contributed by atoms with van der Waals surface area (Å²) in [6.45, 7) is 2.25. The van der Waals surface area contributed by atoms with Crippen LogP contribution in [-0.2, 0) is 9.53 Å². The molecule has 0 spiro atoms. The fourth-order valence-electron chi connectivity index (χ4n) is 2.47. The maximum absolute atomic E-state index is 10.9. The van der Waals surface area contributed by atoms with Crippen LogP contribution in [0.4, 0.5) is 0 Å². The summed E-state index contributed by atoms with van der Waals surface area (Å²) < 4.78 is 5.53. The fourth-order valence-corrected chi connectivity index (χ4v) is 2.47. The Morgan fingerprint density at radius 3 is 2.58 bits per heavy atom. The molecule has 1 unspecified atom stereocenters. The lowest BCUT2D eigenvalue weighted by Crippen LogP contribution is -2.53. The molecule has 4 nitrogen and oxygen atoms in total. The number of nitrogens with two attached hydrogens (primary N) is 1. The number of fused-ring (bicyclic) bond motifs is 1. The number of carboxylic acid groups (broad SMARTS) is 1. The van der Waals surface area contributed by atoms with Gasteiger partial charge < -0.3 is 15.6 Å². The van der Waals surface area contributed by atoms with Gasteiger partial charge in [-0.2, -0.15) is 0 Å². The van der Waals surface area contributed by atoms with Gasteiger partial charge in [0.05, 0.1) is 17.1 Å². The van der Waals surface area contributed by atoms with Crippen LogP contribution in [0.5, 0.6) is 0 Å². The van der Waals surface area contributed by atoms with Gasteiger partial charge in [-0.3, -0.25) is 4.79 Å². The normalized spacial score (nSPS) is 50.3. The molecule has 0 aromatic heterocycles. The molecule has 3 rings (SSSR count). The number of aliphatic carboxylic acids is 1. The SMILES string of the molecule is CC1OC2(CN)CC1(C(=O)O)C2. The molecule has 12 heavy (non-hydrogen) atoms. The second-order valence-electron chi connectivity index (χ2n) is 3.96. The second kappa shape index (κ2) is 2.00. The molecule has 3 fully saturated rings. The Balaban J connectivity index is 2.22. The van der Waals surface area contributed by atoms with Crippen LogP contribution >= 0.6 is 0 Å². The van der Waals surface area contributed by atoms with Crippen molar-refractivity contribution in [2.45, 2.75) is 31.5 Å². The van der Waals surface area contributed by atoms with Gasteiger partial charge >= 0.3 is 5.97 Å². The molecule has 3 aliphatic rings. The minimum absolute atomic E-state index is 0.182. The lowest BCUT2D eigenvalue weighted by molar-refractivity contribution is -0.154. The molecule has 0 radical (unpaired) electrons. The number of hydrogen-bond acceptors (Lipinski definition) is 3.